The molecule has 12 heteroatoms. The van der Waals surface area contributed by atoms with Crippen LogP contribution in [0.3, 0.4) is 0 Å². The van der Waals surface area contributed by atoms with E-state index in [4.69, 9.17) is 4.42 Å². The van der Waals surface area contributed by atoms with Crippen molar-refractivity contribution in [3.05, 3.63) is 58.6 Å². The van der Waals surface area contributed by atoms with Crippen LogP contribution in [0.25, 0.3) is 11.5 Å². The lowest BCUT2D eigenvalue weighted by molar-refractivity contribution is 0.0826. The molecule has 0 aliphatic heterocycles. The second-order valence-corrected chi connectivity index (χ2v) is 7.71. The Morgan fingerprint density at radius 1 is 1.33 bits per heavy atom. The van der Waals surface area contributed by atoms with Gasteiger partial charge in [0.2, 0.25) is 5.88 Å². The smallest absolute Gasteiger partial charge is 0.281 e. The topological polar surface area (TPSA) is 131 Å². The van der Waals surface area contributed by atoms with Crippen LogP contribution in [0.15, 0.2) is 46.2 Å². The van der Waals surface area contributed by atoms with Crippen LogP contribution in [-0.4, -0.2) is 49.3 Å². The number of amides is 1. The molecule has 3 N–H and O–H groups in total. The van der Waals surface area contributed by atoms with Crippen molar-refractivity contribution >= 4 is 28.9 Å². The third kappa shape index (κ3) is 3.58. The van der Waals surface area contributed by atoms with E-state index < -0.39 is 18.1 Å². The first-order valence-electron chi connectivity index (χ1n) is 10.4. The summed E-state index contributed by atoms with van der Waals surface area (Å²) >= 11 is 0. The van der Waals surface area contributed by atoms with Gasteiger partial charge in [0.1, 0.15) is 34.8 Å². The Morgan fingerprint density at radius 3 is 2.85 bits per heavy atom. The number of aryl methyl sites for hydroxylation is 1. The third-order valence-corrected chi connectivity index (χ3v) is 5.63. The molecule has 11 nitrogen and oxygen atoms in total. The molecule has 1 aliphatic rings. The summed E-state index contributed by atoms with van der Waals surface area (Å²) in [6.45, 7) is 1.74. The maximum Gasteiger partial charge on any atom is 0.281 e. The first kappa shape index (κ1) is 20.7. The molecule has 0 spiro atoms. The standard InChI is InChI=1S/C21H21FN8O3/c1-11-21(33-10-24-11)29-7-3-4-15(20(29)32)26-16-8-17(23-2)30-18(28-16)12(9-25-30)19(31)27-14-6-5-13(14)22/h3-4,7-10,13-14,23H,5-6H2,1-2H3,(H,26,28)(H,27,31)/t13-,14-/m0/s1. The monoisotopic (exact) mass is 452 g/mol. The summed E-state index contributed by atoms with van der Waals surface area (Å²) in [5.41, 5.74) is 0.919. The van der Waals surface area contributed by atoms with Crippen LogP contribution in [0.2, 0.25) is 0 Å². The highest BCUT2D eigenvalue weighted by Crippen LogP contribution is 2.25. The van der Waals surface area contributed by atoms with Gasteiger partial charge < -0.3 is 20.4 Å². The molecule has 0 saturated heterocycles. The van der Waals surface area contributed by atoms with Gasteiger partial charge in [-0.15, -0.1) is 0 Å². The highest BCUT2D eigenvalue weighted by atomic mass is 19.1. The SMILES string of the molecule is CNc1cc(Nc2cccn(-c3ocnc3C)c2=O)nc2c(C(=O)N[C@H]3CC[C@@H]3F)cnn12. The van der Waals surface area contributed by atoms with Crippen molar-refractivity contribution in [2.45, 2.75) is 32.0 Å². The maximum atomic E-state index is 13.6. The Bertz CT molecular complexity index is 1410. The van der Waals surface area contributed by atoms with E-state index in [1.54, 1.807) is 38.4 Å². The normalized spacial score (nSPS) is 17.5. The molecule has 2 atom stereocenters. The maximum absolute atomic E-state index is 13.6. The number of hydrogen-bond acceptors (Lipinski definition) is 8. The van der Waals surface area contributed by atoms with E-state index in [-0.39, 0.29) is 22.5 Å². The minimum absolute atomic E-state index is 0.206. The minimum atomic E-state index is -1.04. The lowest BCUT2D eigenvalue weighted by Crippen LogP contribution is -2.48. The van der Waals surface area contributed by atoms with Crippen molar-refractivity contribution in [2.75, 3.05) is 17.7 Å². The lowest BCUT2D eigenvalue weighted by Gasteiger charge is -2.30. The van der Waals surface area contributed by atoms with Gasteiger partial charge in [-0.05, 0) is 31.9 Å². The Kier molecular flexibility index (Phi) is 5.04. The van der Waals surface area contributed by atoms with Crippen LogP contribution < -0.4 is 21.5 Å². The van der Waals surface area contributed by atoms with Crippen molar-refractivity contribution in [1.82, 2.24) is 29.5 Å². The van der Waals surface area contributed by atoms with E-state index in [0.717, 1.165) is 0 Å². The number of halogens is 1. The molecule has 1 saturated carbocycles. The minimum Gasteiger partial charge on any atom is -0.427 e. The largest absolute Gasteiger partial charge is 0.427 e. The van der Waals surface area contributed by atoms with E-state index in [1.807, 2.05) is 0 Å². The predicted octanol–water partition coefficient (Wildman–Crippen LogP) is 2.19. The highest BCUT2D eigenvalue weighted by molar-refractivity contribution is 6.00. The van der Waals surface area contributed by atoms with E-state index in [0.29, 0.717) is 36.1 Å². The number of anilines is 3. The summed E-state index contributed by atoms with van der Waals surface area (Å²) < 4.78 is 21.7. The zero-order valence-corrected chi connectivity index (χ0v) is 17.9. The second-order valence-electron chi connectivity index (χ2n) is 7.71. The molecule has 4 heterocycles. The molecular formula is C21H21FN8O3. The zero-order valence-electron chi connectivity index (χ0n) is 17.9. The summed E-state index contributed by atoms with van der Waals surface area (Å²) in [6.07, 6.45) is 4.23. The Morgan fingerprint density at radius 2 is 2.18 bits per heavy atom. The number of carbonyl (C=O) groups is 1. The van der Waals surface area contributed by atoms with Crippen molar-refractivity contribution in [2.24, 2.45) is 0 Å². The first-order chi connectivity index (χ1) is 16.0. The number of hydrogen-bond donors (Lipinski definition) is 3. The van der Waals surface area contributed by atoms with Gasteiger partial charge in [-0.3, -0.25) is 14.2 Å². The fourth-order valence-corrected chi connectivity index (χ4v) is 3.65. The van der Waals surface area contributed by atoms with E-state index in [2.05, 4.69) is 31.0 Å². The number of oxazole rings is 1. The summed E-state index contributed by atoms with van der Waals surface area (Å²) in [4.78, 5) is 34.2. The van der Waals surface area contributed by atoms with Gasteiger partial charge in [-0.1, -0.05) is 0 Å². The molecule has 170 valence electrons. The highest BCUT2D eigenvalue weighted by Gasteiger charge is 2.33. The van der Waals surface area contributed by atoms with Crippen LogP contribution in [0.5, 0.6) is 0 Å². The average Bonchev–Trinajstić information content (AvgIpc) is 3.43. The van der Waals surface area contributed by atoms with Gasteiger partial charge in [0.25, 0.3) is 11.5 Å². The Hall–Kier alpha value is -4.22. The van der Waals surface area contributed by atoms with Crippen molar-refractivity contribution in [3.63, 3.8) is 0 Å². The number of rotatable bonds is 6. The predicted molar refractivity (Wildman–Crippen MR) is 118 cm³/mol. The van der Waals surface area contributed by atoms with Gasteiger partial charge in [-0.2, -0.15) is 9.61 Å². The third-order valence-electron chi connectivity index (χ3n) is 5.63. The van der Waals surface area contributed by atoms with Crippen molar-refractivity contribution in [3.8, 4) is 5.88 Å². The van der Waals surface area contributed by atoms with Crippen LogP contribution in [0.4, 0.5) is 21.7 Å². The van der Waals surface area contributed by atoms with Crippen LogP contribution in [0.1, 0.15) is 28.9 Å². The van der Waals surface area contributed by atoms with E-state index in [1.165, 1.54) is 21.7 Å². The number of carbonyl (C=O) groups excluding carboxylic acids is 1. The summed E-state index contributed by atoms with van der Waals surface area (Å²) in [7, 11) is 1.70. The number of nitrogens with zero attached hydrogens (tertiary/aromatic N) is 5. The van der Waals surface area contributed by atoms with Crippen molar-refractivity contribution < 1.29 is 13.6 Å². The van der Waals surface area contributed by atoms with E-state index >= 15 is 0 Å². The fourth-order valence-electron chi connectivity index (χ4n) is 3.65. The van der Waals surface area contributed by atoms with Gasteiger partial charge in [0, 0.05) is 19.3 Å². The number of aromatic nitrogens is 5. The van der Waals surface area contributed by atoms with Crippen LogP contribution in [-0.2, 0) is 0 Å². The molecule has 5 rings (SSSR count). The average molecular weight is 452 g/mol. The molecule has 1 aliphatic carbocycles. The molecule has 4 aromatic heterocycles. The molecule has 0 unspecified atom stereocenters. The Labute approximate surface area is 186 Å². The van der Waals surface area contributed by atoms with E-state index in [9.17, 15) is 14.0 Å². The summed E-state index contributed by atoms with van der Waals surface area (Å²) in [5, 5.41) is 12.9. The first-order valence-corrected chi connectivity index (χ1v) is 10.4. The lowest BCUT2D eigenvalue weighted by atomic mass is 9.90. The number of fused-ring (bicyclic) bond motifs is 1. The quantitative estimate of drug-likeness (QED) is 0.406. The van der Waals surface area contributed by atoms with Gasteiger partial charge in [0.15, 0.2) is 12.0 Å². The van der Waals surface area contributed by atoms with Crippen LogP contribution in [0, 0.1) is 6.92 Å². The fraction of sp³-hybridized carbons (Fsp3) is 0.286. The molecule has 1 fully saturated rings. The van der Waals surface area contributed by atoms with Crippen molar-refractivity contribution in [1.29, 1.82) is 0 Å². The molecular weight excluding hydrogens is 431 g/mol. The summed E-state index contributed by atoms with van der Waals surface area (Å²) in [5.74, 6) is 0.722. The molecule has 1 amide bonds. The number of pyridine rings is 1. The number of nitrogens with one attached hydrogen (secondary N) is 3. The van der Waals surface area contributed by atoms with Gasteiger partial charge >= 0.3 is 0 Å². The zero-order chi connectivity index (χ0) is 23.1. The molecule has 33 heavy (non-hydrogen) atoms. The summed E-state index contributed by atoms with van der Waals surface area (Å²) in [6, 6.07) is 4.45. The van der Waals surface area contributed by atoms with Gasteiger partial charge in [0.05, 0.1) is 12.2 Å². The molecule has 0 bridgehead atoms. The molecule has 4 aromatic rings. The van der Waals surface area contributed by atoms with Crippen LogP contribution >= 0.6 is 0 Å². The Balaban J connectivity index is 1.51. The molecule has 0 aromatic carbocycles. The molecule has 0 radical (unpaired) electrons. The number of alkyl halides is 1. The second kappa shape index (κ2) is 8.04. The van der Waals surface area contributed by atoms with Gasteiger partial charge in [-0.25, -0.2) is 14.4 Å².